The highest BCUT2D eigenvalue weighted by molar-refractivity contribution is 7.87. The summed E-state index contributed by atoms with van der Waals surface area (Å²) in [5.41, 5.74) is 0. The van der Waals surface area contributed by atoms with Gasteiger partial charge in [0.25, 0.3) is 10.2 Å². The largest absolute Gasteiger partial charge is 0.355 e. The first kappa shape index (κ1) is 12.4. The van der Waals surface area contributed by atoms with Crippen LogP contribution in [0.4, 0.5) is 0 Å². The summed E-state index contributed by atoms with van der Waals surface area (Å²) in [5.74, 6) is 0.188. The molecule has 1 aliphatic carbocycles. The molecule has 3 N–H and O–H groups in total. The number of carbonyl (C=O) groups excluding carboxylic acids is 1. The molecule has 0 unspecified atom stereocenters. The fourth-order valence-corrected chi connectivity index (χ4v) is 1.95. The van der Waals surface area contributed by atoms with Crippen molar-refractivity contribution in [1.82, 2.24) is 14.8 Å². The second-order valence-corrected chi connectivity index (χ2v) is 5.05. The van der Waals surface area contributed by atoms with Crippen molar-refractivity contribution in [3.05, 3.63) is 0 Å². The van der Waals surface area contributed by atoms with Crippen LogP contribution < -0.4 is 14.8 Å². The fraction of sp³-hybridized carbons (Fsp3) is 0.875. The summed E-state index contributed by atoms with van der Waals surface area (Å²) >= 11 is 0. The van der Waals surface area contributed by atoms with Crippen LogP contribution in [-0.2, 0) is 15.0 Å². The van der Waals surface area contributed by atoms with Crippen LogP contribution in [0.3, 0.4) is 0 Å². The van der Waals surface area contributed by atoms with Gasteiger partial charge in [0.05, 0.1) is 0 Å². The first-order chi connectivity index (χ1) is 7.05. The van der Waals surface area contributed by atoms with Crippen LogP contribution in [0.25, 0.3) is 0 Å². The molecule has 0 bridgehead atoms. The Kier molecular flexibility index (Phi) is 4.49. The third-order valence-corrected chi connectivity index (χ3v) is 3.25. The summed E-state index contributed by atoms with van der Waals surface area (Å²) in [6.45, 7) is 2.60. The summed E-state index contributed by atoms with van der Waals surface area (Å²) in [6, 6.07) is 0. The van der Waals surface area contributed by atoms with Crippen molar-refractivity contribution in [2.75, 3.05) is 19.6 Å². The standard InChI is InChI=1S/C8H17N3O3S/c1-2-10-15(13,14)11-6-5-9-8(12)7-3-4-7/h7,10-11H,2-6H2,1H3,(H,9,12). The van der Waals surface area contributed by atoms with Gasteiger partial charge >= 0.3 is 0 Å². The van der Waals surface area contributed by atoms with Crippen LogP contribution in [0.1, 0.15) is 19.8 Å². The molecule has 0 saturated heterocycles. The number of hydrogen-bond acceptors (Lipinski definition) is 3. The Morgan fingerprint density at radius 3 is 2.47 bits per heavy atom. The Morgan fingerprint density at radius 1 is 1.27 bits per heavy atom. The molecule has 1 aliphatic rings. The van der Waals surface area contributed by atoms with Crippen LogP contribution >= 0.6 is 0 Å². The average Bonchev–Trinajstić information content (AvgIpc) is 2.95. The van der Waals surface area contributed by atoms with Gasteiger partial charge in [-0.1, -0.05) is 6.92 Å². The molecule has 0 spiro atoms. The molecular formula is C8H17N3O3S. The van der Waals surface area contributed by atoms with Gasteiger partial charge in [-0.15, -0.1) is 0 Å². The third kappa shape index (κ3) is 5.10. The van der Waals surface area contributed by atoms with Gasteiger partial charge in [0.15, 0.2) is 0 Å². The Labute approximate surface area is 90.0 Å². The van der Waals surface area contributed by atoms with Gasteiger partial charge in [0.2, 0.25) is 5.91 Å². The number of nitrogens with one attached hydrogen (secondary N) is 3. The molecule has 7 heteroatoms. The summed E-state index contributed by atoms with van der Waals surface area (Å²) in [4.78, 5) is 11.2. The van der Waals surface area contributed by atoms with Crippen LogP contribution in [0.2, 0.25) is 0 Å². The van der Waals surface area contributed by atoms with E-state index >= 15 is 0 Å². The Balaban J connectivity index is 2.07. The van der Waals surface area contributed by atoms with E-state index < -0.39 is 10.2 Å². The normalized spacial score (nSPS) is 16.3. The van der Waals surface area contributed by atoms with E-state index in [1.165, 1.54) is 0 Å². The number of carbonyl (C=O) groups is 1. The van der Waals surface area contributed by atoms with Crippen molar-refractivity contribution in [3.8, 4) is 0 Å². The first-order valence-corrected chi connectivity index (χ1v) is 6.55. The predicted molar refractivity (Wildman–Crippen MR) is 56.3 cm³/mol. The smallest absolute Gasteiger partial charge is 0.276 e. The lowest BCUT2D eigenvalue weighted by atomic mass is 10.4. The molecular weight excluding hydrogens is 218 g/mol. The summed E-state index contributed by atoms with van der Waals surface area (Å²) in [6.07, 6.45) is 1.91. The lowest BCUT2D eigenvalue weighted by Gasteiger charge is -2.07. The molecule has 1 rings (SSSR count). The minimum absolute atomic E-state index is 0.0256. The molecule has 1 fully saturated rings. The van der Waals surface area contributed by atoms with Gasteiger partial charge in [-0.3, -0.25) is 4.79 Å². The Morgan fingerprint density at radius 2 is 1.93 bits per heavy atom. The predicted octanol–water partition coefficient (Wildman–Crippen LogP) is -1.04. The van der Waals surface area contributed by atoms with E-state index in [9.17, 15) is 13.2 Å². The topological polar surface area (TPSA) is 87.3 Å². The Bertz CT molecular complexity index is 311. The lowest BCUT2D eigenvalue weighted by molar-refractivity contribution is -0.122. The van der Waals surface area contributed by atoms with Gasteiger partial charge in [0, 0.05) is 25.6 Å². The van der Waals surface area contributed by atoms with Gasteiger partial charge < -0.3 is 5.32 Å². The van der Waals surface area contributed by atoms with E-state index in [2.05, 4.69) is 14.8 Å². The molecule has 0 heterocycles. The summed E-state index contributed by atoms with van der Waals surface area (Å²) in [5, 5.41) is 2.67. The number of hydrogen-bond donors (Lipinski definition) is 3. The van der Waals surface area contributed by atoms with E-state index in [1.807, 2.05) is 0 Å². The van der Waals surface area contributed by atoms with Crippen LogP contribution in [-0.4, -0.2) is 34.0 Å². The van der Waals surface area contributed by atoms with Crippen molar-refractivity contribution in [1.29, 1.82) is 0 Å². The average molecular weight is 235 g/mol. The molecule has 1 amide bonds. The van der Waals surface area contributed by atoms with Gasteiger partial charge in [-0.2, -0.15) is 8.42 Å². The van der Waals surface area contributed by atoms with E-state index in [1.54, 1.807) is 6.92 Å². The van der Waals surface area contributed by atoms with Crippen molar-refractivity contribution in [2.24, 2.45) is 5.92 Å². The van der Waals surface area contributed by atoms with Crippen molar-refractivity contribution >= 4 is 16.1 Å². The van der Waals surface area contributed by atoms with Gasteiger partial charge in [-0.25, -0.2) is 9.44 Å². The van der Waals surface area contributed by atoms with E-state index in [-0.39, 0.29) is 18.4 Å². The monoisotopic (exact) mass is 235 g/mol. The lowest BCUT2D eigenvalue weighted by Crippen LogP contribution is -2.41. The zero-order valence-corrected chi connectivity index (χ0v) is 9.56. The molecule has 0 aromatic rings. The van der Waals surface area contributed by atoms with E-state index in [4.69, 9.17) is 0 Å². The van der Waals surface area contributed by atoms with Crippen LogP contribution in [0.5, 0.6) is 0 Å². The van der Waals surface area contributed by atoms with Crippen molar-refractivity contribution in [3.63, 3.8) is 0 Å². The first-order valence-electron chi connectivity index (χ1n) is 5.07. The highest BCUT2D eigenvalue weighted by Crippen LogP contribution is 2.28. The zero-order chi connectivity index (χ0) is 11.3. The zero-order valence-electron chi connectivity index (χ0n) is 8.75. The second kappa shape index (κ2) is 5.43. The highest BCUT2D eigenvalue weighted by atomic mass is 32.2. The molecule has 0 radical (unpaired) electrons. The molecule has 0 aromatic heterocycles. The quantitative estimate of drug-likeness (QED) is 0.492. The molecule has 1 saturated carbocycles. The molecule has 6 nitrogen and oxygen atoms in total. The highest BCUT2D eigenvalue weighted by Gasteiger charge is 2.28. The number of rotatable bonds is 7. The molecule has 0 atom stereocenters. The molecule has 88 valence electrons. The molecule has 0 aromatic carbocycles. The third-order valence-electron chi connectivity index (χ3n) is 2.00. The van der Waals surface area contributed by atoms with Gasteiger partial charge in [0.1, 0.15) is 0 Å². The van der Waals surface area contributed by atoms with Crippen molar-refractivity contribution in [2.45, 2.75) is 19.8 Å². The SMILES string of the molecule is CCNS(=O)(=O)NCCNC(=O)C1CC1. The fourth-order valence-electron chi connectivity index (χ4n) is 1.10. The van der Waals surface area contributed by atoms with E-state index in [0.717, 1.165) is 12.8 Å². The van der Waals surface area contributed by atoms with Crippen molar-refractivity contribution < 1.29 is 13.2 Å². The van der Waals surface area contributed by atoms with Crippen LogP contribution in [0, 0.1) is 5.92 Å². The Hall–Kier alpha value is -0.660. The molecule has 0 aliphatic heterocycles. The maximum atomic E-state index is 11.2. The van der Waals surface area contributed by atoms with Crippen LogP contribution in [0.15, 0.2) is 0 Å². The number of amides is 1. The van der Waals surface area contributed by atoms with Gasteiger partial charge in [-0.05, 0) is 12.8 Å². The second-order valence-electron chi connectivity index (χ2n) is 3.46. The van der Waals surface area contributed by atoms with E-state index in [0.29, 0.717) is 13.1 Å². The summed E-state index contributed by atoms with van der Waals surface area (Å²) < 4.78 is 26.8. The maximum Gasteiger partial charge on any atom is 0.276 e. The maximum absolute atomic E-state index is 11.2. The summed E-state index contributed by atoms with van der Waals surface area (Å²) in [7, 11) is -3.39. The minimum atomic E-state index is -3.39. The molecule has 15 heavy (non-hydrogen) atoms. The minimum Gasteiger partial charge on any atom is -0.355 e.